The van der Waals surface area contributed by atoms with E-state index < -0.39 is 6.93 Å². The summed E-state index contributed by atoms with van der Waals surface area (Å²) in [6, 6.07) is 0.227. The van der Waals surface area contributed by atoms with E-state index in [0.717, 1.165) is 6.42 Å². The van der Waals surface area contributed by atoms with Crippen LogP contribution in [0.1, 0.15) is 13.3 Å². The van der Waals surface area contributed by atoms with Crippen LogP contribution in [0.25, 0.3) is 0 Å². The Morgan fingerprint density at radius 3 is 2.33 bits per heavy atom. The van der Waals surface area contributed by atoms with Gasteiger partial charge in [-0.15, -0.1) is 0 Å². The molecule has 0 aromatic carbocycles. The predicted molar refractivity (Wildman–Crippen MR) is 39.5 cm³/mol. The minimum atomic E-state index is -1.75. The second kappa shape index (κ2) is 5.72. The van der Waals surface area contributed by atoms with Gasteiger partial charge in [-0.1, -0.05) is 0 Å². The Balaban J connectivity index is 0.000000354. The molecule has 0 bridgehead atoms. The Hall–Kier alpha value is -0.890. The summed E-state index contributed by atoms with van der Waals surface area (Å²) in [5.74, 6) is 0. The van der Waals surface area contributed by atoms with Crippen LogP contribution in [-0.4, -0.2) is 35.6 Å². The lowest BCUT2D eigenvalue weighted by molar-refractivity contribution is 0.186. The van der Waals surface area contributed by atoms with Gasteiger partial charge in [-0.3, -0.25) is 0 Å². The second-order valence-electron chi connectivity index (χ2n) is 2.59. The van der Waals surface area contributed by atoms with Crippen molar-refractivity contribution in [1.82, 2.24) is 4.90 Å². The minimum Gasteiger partial charge on any atom is -0.391 e. The molecule has 0 aromatic heterocycles. The van der Waals surface area contributed by atoms with E-state index in [0.29, 0.717) is 6.54 Å². The number of alkyl halides is 2. The van der Waals surface area contributed by atoms with E-state index in [4.69, 9.17) is 10.4 Å². The Morgan fingerprint density at radius 2 is 2.17 bits per heavy atom. The Kier molecular flexibility index (Phi) is 5.30. The fourth-order valence-electron chi connectivity index (χ4n) is 1.14. The number of hydrogen-bond donors (Lipinski definition) is 1. The van der Waals surface area contributed by atoms with Gasteiger partial charge in [0.25, 0.3) is 0 Å². The van der Waals surface area contributed by atoms with Gasteiger partial charge in [0.05, 0.1) is 12.6 Å². The third kappa shape index (κ3) is 3.49. The normalized spacial score (nSPS) is 27.4. The molecule has 0 saturated carbocycles. The van der Waals surface area contributed by atoms with Gasteiger partial charge in [0.1, 0.15) is 0 Å². The van der Waals surface area contributed by atoms with Crippen molar-refractivity contribution in [2.45, 2.75) is 25.5 Å². The minimum absolute atomic E-state index is 0.227. The average molecular weight is 178 g/mol. The van der Waals surface area contributed by atoms with Crippen LogP contribution in [0.15, 0.2) is 0 Å². The number of rotatable bonds is 0. The standard InChI is InChI=1S/C6H10N2O.CH2F2/c1-5-2-6(9)3-8(5)4-7;2-1-3/h5-6,9H,2-3H2,1H3;1H2. The molecule has 5 heteroatoms. The summed E-state index contributed by atoms with van der Waals surface area (Å²) in [7, 11) is 0. The maximum atomic E-state index is 9.62. The molecule has 70 valence electrons. The number of nitriles is 1. The molecule has 3 nitrogen and oxygen atoms in total. The summed E-state index contributed by atoms with van der Waals surface area (Å²) in [4.78, 5) is 1.60. The zero-order valence-corrected chi connectivity index (χ0v) is 6.87. The molecule has 12 heavy (non-hydrogen) atoms. The molecule has 0 amide bonds. The van der Waals surface area contributed by atoms with E-state index in [9.17, 15) is 8.78 Å². The number of β-amino-alcohol motifs (C(OH)–C–C–N with tert-alkyl or cyclic N) is 1. The van der Waals surface area contributed by atoms with Crippen molar-refractivity contribution in [3.05, 3.63) is 0 Å². The first kappa shape index (κ1) is 11.1. The number of likely N-dealkylation sites (tertiary alicyclic amines) is 1. The highest BCUT2D eigenvalue weighted by molar-refractivity contribution is 4.89. The van der Waals surface area contributed by atoms with Crippen molar-refractivity contribution in [2.24, 2.45) is 0 Å². The van der Waals surface area contributed by atoms with Gasteiger partial charge < -0.3 is 10.0 Å². The molecular formula is C7H12F2N2O. The molecular weight excluding hydrogens is 166 g/mol. The van der Waals surface area contributed by atoms with Gasteiger partial charge in [0, 0.05) is 6.04 Å². The van der Waals surface area contributed by atoms with Crippen molar-refractivity contribution in [3.8, 4) is 6.19 Å². The van der Waals surface area contributed by atoms with E-state index in [1.807, 2.05) is 13.1 Å². The van der Waals surface area contributed by atoms with E-state index in [2.05, 4.69) is 0 Å². The largest absolute Gasteiger partial charge is 0.391 e. The van der Waals surface area contributed by atoms with Gasteiger partial charge in [-0.2, -0.15) is 5.26 Å². The highest BCUT2D eigenvalue weighted by atomic mass is 19.3. The van der Waals surface area contributed by atoms with E-state index >= 15 is 0 Å². The van der Waals surface area contributed by atoms with Gasteiger partial charge in [-0.25, -0.2) is 8.78 Å². The Bertz CT molecular complexity index is 160. The number of aliphatic hydroxyl groups excluding tert-OH is 1. The maximum Gasteiger partial charge on any atom is 0.229 e. The van der Waals surface area contributed by atoms with Crippen LogP contribution >= 0.6 is 0 Å². The smallest absolute Gasteiger partial charge is 0.229 e. The quantitative estimate of drug-likeness (QED) is 0.558. The summed E-state index contributed by atoms with van der Waals surface area (Å²) in [6.07, 6.45) is 2.46. The van der Waals surface area contributed by atoms with E-state index in [1.165, 1.54) is 0 Å². The average Bonchev–Trinajstić information content (AvgIpc) is 2.31. The first-order chi connectivity index (χ1) is 5.65. The fraction of sp³-hybridized carbons (Fsp3) is 0.857. The Morgan fingerprint density at radius 1 is 1.67 bits per heavy atom. The third-order valence-corrected chi connectivity index (χ3v) is 1.68. The van der Waals surface area contributed by atoms with Gasteiger partial charge in [0.2, 0.25) is 6.93 Å². The topological polar surface area (TPSA) is 47.3 Å². The second-order valence-corrected chi connectivity index (χ2v) is 2.59. The summed E-state index contributed by atoms with van der Waals surface area (Å²) >= 11 is 0. The molecule has 1 heterocycles. The number of halogens is 2. The van der Waals surface area contributed by atoms with Crippen LogP contribution in [0.4, 0.5) is 8.78 Å². The maximum absolute atomic E-state index is 9.62. The van der Waals surface area contributed by atoms with Crippen LogP contribution in [0, 0.1) is 11.5 Å². The molecule has 1 fully saturated rings. The summed E-state index contributed by atoms with van der Waals surface area (Å²) < 4.78 is 19.2. The lowest BCUT2D eigenvalue weighted by atomic mass is 10.2. The zero-order chi connectivity index (χ0) is 9.56. The van der Waals surface area contributed by atoms with Gasteiger partial charge in [-0.05, 0) is 13.3 Å². The highest BCUT2D eigenvalue weighted by Crippen LogP contribution is 2.14. The SMILES string of the molecule is CC1CC(O)CN1C#N.FCF. The molecule has 1 aliphatic heterocycles. The van der Waals surface area contributed by atoms with E-state index in [1.54, 1.807) is 4.90 Å². The highest BCUT2D eigenvalue weighted by Gasteiger charge is 2.25. The van der Waals surface area contributed by atoms with Crippen molar-refractivity contribution >= 4 is 0 Å². The molecule has 0 aliphatic carbocycles. The lowest BCUT2D eigenvalue weighted by Crippen LogP contribution is -2.21. The first-order valence-electron chi connectivity index (χ1n) is 3.62. The molecule has 0 spiro atoms. The van der Waals surface area contributed by atoms with Crippen molar-refractivity contribution in [2.75, 3.05) is 13.5 Å². The summed E-state index contributed by atoms with van der Waals surface area (Å²) in [5, 5.41) is 17.4. The molecule has 0 radical (unpaired) electrons. The fourth-order valence-corrected chi connectivity index (χ4v) is 1.14. The number of nitrogens with zero attached hydrogens (tertiary/aromatic N) is 2. The van der Waals surface area contributed by atoms with Crippen molar-refractivity contribution < 1.29 is 13.9 Å². The van der Waals surface area contributed by atoms with Crippen LogP contribution in [0.2, 0.25) is 0 Å². The van der Waals surface area contributed by atoms with Crippen LogP contribution in [0.5, 0.6) is 0 Å². The number of aliphatic hydroxyl groups is 1. The predicted octanol–water partition coefficient (Wildman–Crippen LogP) is 0.805. The molecule has 1 saturated heterocycles. The molecule has 2 atom stereocenters. The molecule has 0 aromatic rings. The zero-order valence-electron chi connectivity index (χ0n) is 6.87. The van der Waals surface area contributed by atoms with Gasteiger partial charge in [0.15, 0.2) is 6.19 Å². The monoisotopic (exact) mass is 178 g/mol. The summed E-state index contributed by atoms with van der Waals surface area (Å²) in [6.45, 7) is 0.705. The molecule has 1 aliphatic rings. The molecule has 2 unspecified atom stereocenters. The molecule has 1 rings (SSSR count). The summed E-state index contributed by atoms with van der Waals surface area (Å²) in [5.41, 5.74) is 0. The van der Waals surface area contributed by atoms with Gasteiger partial charge >= 0.3 is 0 Å². The van der Waals surface area contributed by atoms with Crippen molar-refractivity contribution in [1.29, 1.82) is 5.26 Å². The third-order valence-electron chi connectivity index (χ3n) is 1.68. The van der Waals surface area contributed by atoms with Crippen LogP contribution < -0.4 is 0 Å². The molecule has 1 N–H and O–H groups in total. The first-order valence-corrected chi connectivity index (χ1v) is 3.62. The van der Waals surface area contributed by atoms with Crippen LogP contribution in [0.3, 0.4) is 0 Å². The Labute approximate surface area is 70.2 Å². The number of hydrogen-bond acceptors (Lipinski definition) is 3. The van der Waals surface area contributed by atoms with Crippen LogP contribution in [-0.2, 0) is 0 Å². The van der Waals surface area contributed by atoms with Crippen molar-refractivity contribution in [3.63, 3.8) is 0 Å². The van der Waals surface area contributed by atoms with E-state index in [-0.39, 0.29) is 12.1 Å². The lowest BCUT2D eigenvalue weighted by Gasteiger charge is -2.10.